The lowest BCUT2D eigenvalue weighted by atomic mass is 10.1. The second-order valence-corrected chi connectivity index (χ2v) is 4.61. The van der Waals surface area contributed by atoms with Gasteiger partial charge in [-0.25, -0.2) is 4.39 Å². The fourth-order valence-electron chi connectivity index (χ4n) is 2.30. The molecule has 20 heavy (non-hydrogen) atoms. The average Bonchev–Trinajstić information content (AvgIpc) is 2.63. The van der Waals surface area contributed by atoms with E-state index in [4.69, 9.17) is 0 Å². The maximum absolute atomic E-state index is 14.0. The number of hydrogen-bond acceptors (Lipinski definition) is 5. The molecule has 2 heterocycles. The van der Waals surface area contributed by atoms with Crippen molar-refractivity contribution in [1.29, 1.82) is 0 Å². The minimum Gasteiger partial charge on any atom is -0.378 e. The summed E-state index contributed by atoms with van der Waals surface area (Å²) in [6.07, 6.45) is -1.40. The third kappa shape index (κ3) is 1.90. The van der Waals surface area contributed by atoms with Crippen LogP contribution in [0.4, 0.5) is 15.8 Å². The Morgan fingerprint density at radius 2 is 1.80 bits per heavy atom. The van der Waals surface area contributed by atoms with E-state index >= 15 is 0 Å². The van der Waals surface area contributed by atoms with Gasteiger partial charge < -0.3 is 15.3 Å². The lowest BCUT2D eigenvalue weighted by Gasteiger charge is -2.28. The van der Waals surface area contributed by atoms with Gasteiger partial charge in [0.15, 0.2) is 6.10 Å². The number of nitrogens with zero attached hydrogens (tertiary/aromatic N) is 1. The van der Waals surface area contributed by atoms with Gasteiger partial charge in [-0.3, -0.25) is 19.7 Å². The highest BCUT2D eigenvalue weighted by Crippen LogP contribution is 2.36. The molecule has 7 nitrogen and oxygen atoms in total. The molecule has 1 aromatic carbocycles. The Bertz CT molecular complexity index is 630. The molecule has 1 atom stereocenters. The number of halogens is 1. The molecule has 0 bridgehead atoms. The predicted molar refractivity (Wildman–Crippen MR) is 65.4 cm³/mol. The number of piperazine rings is 1. The van der Waals surface area contributed by atoms with Crippen molar-refractivity contribution in [2.75, 3.05) is 23.3 Å². The highest BCUT2D eigenvalue weighted by molar-refractivity contribution is 6.04. The molecule has 0 spiro atoms. The summed E-state index contributed by atoms with van der Waals surface area (Å²) in [7, 11) is 0. The Morgan fingerprint density at radius 3 is 2.45 bits per heavy atom. The minimum absolute atomic E-state index is 0.0290. The fraction of sp³-hybridized carbons (Fsp3) is 0.250. The number of amides is 3. The Labute approximate surface area is 112 Å². The number of aliphatic hydroxyl groups is 1. The zero-order valence-corrected chi connectivity index (χ0v) is 10.1. The molecule has 2 aliphatic rings. The van der Waals surface area contributed by atoms with Crippen LogP contribution in [0, 0.1) is 5.82 Å². The van der Waals surface area contributed by atoms with E-state index < -0.39 is 29.6 Å². The zero-order valence-electron chi connectivity index (χ0n) is 10.1. The predicted octanol–water partition coefficient (Wildman–Crippen LogP) is -0.726. The van der Waals surface area contributed by atoms with Crippen LogP contribution in [0.1, 0.15) is 11.7 Å². The van der Waals surface area contributed by atoms with Crippen LogP contribution >= 0.6 is 0 Å². The molecule has 0 aliphatic carbocycles. The van der Waals surface area contributed by atoms with Gasteiger partial charge in [-0.05, 0) is 12.1 Å². The Balaban J connectivity index is 1.99. The molecular formula is C12H10FN3O4. The number of carbonyl (C=O) groups excluding carboxylic acids is 3. The van der Waals surface area contributed by atoms with E-state index in [1.54, 1.807) is 0 Å². The Morgan fingerprint density at radius 1 is 1.15 bits per heavy atom. The Hall–Kier alpha value is -2.48. The van der Waals surface area contributed by atoms with Crippen molar-refractivity contribution in [3.8, 4) is 0 Å². The molecule has 1 fully saturated rings. The zero-order chi connectivity index (χ0) is 14.4. The van der Waals surface area contributed by atoms with Gasteiger partial charge >= 0.3 is 0 Å². The standard InChI is InChI=1S/C12H10FN3O4/c13-6-1-5-7(14-12(20)11(5)19)2-8(6)16-3-9(17)15-10(18)4-16/h1-2,11,19H,3-4H2,(H,14,20)(H,15,17,18). The van der Waals surface area contributed by atoms with Crippen LogP contribution in [0.25, 0.3) is 0 Å². The smallest absolute Gasteiger partial charge is 0.257 e. The number of anilines is 2. The first-order chi connectivity index (χ1) is 9.45. The Kier molecular flexibility index (Phi) is 2.68. The van der Waals surface area contributed by atoms with E-state index in [-0.39, 0.29) is 30.0 Å². The first-order valence-electron chi connectivity index (χ1n) is 5.85. The van der Waals surface area contributed by atoms with Gasteiger partial charge in [0.2, 0.25) is 11.8 Å². The molecule has 0 radical (unpaired) electrons. The summed E-state index contributed by atoms with van der Waals surface area (Å²) < 4.78 is 14.0. The van der Waals surface area contributed by atoms with Gasteiger partial charge in [-0.2, -0.15) is 0 Å². The van der Waals surface area contributed by atoms with Crippen molar-refractivity contribution < 1.29 is 23.9 Å². The minimum atomic E-state index is -1.40. The third-order valence-electron chi connectivity index (χ3n) is 3.21. The molecule has 0 saturated carbocycles. The number of rotatable bonds is 1. The van der Waals surface area contributed by atoms with Crippen LogP contribution < -0.4 is 15.5 Å². The maximum atomic E-state index is 14.0. The highest BCUT2D eigenvalue weighted by Gasteiger charge is 2.32. The summed E-state index contributed by atoms with van der Waals surface area (Å²) in [6.45, 7) is -0.310. The molecule has 104 valence electrons. The molecule has 1 aromatic rings. The van der Waals surface area contributed by atoms with E-state index in [9.17, 15) is 23.9 Å². The van der Waals surface area contributed by atoms with E-state index in [0.717, 1.165) is 6.07 Å². The lowest BCUT2D eigenvalue weighted by Crippen LogP contribution is -2.51. The summed E-state index contributed by atoms with van der Waals surface area (Å²) in [5.74, 6) is -2.39. The number of hydrogen-bond donors (Lipinski definition) is 3. The number of benzene rings is 1. The van der Waals surface area contributed by atoms with Crippen molar-refractivity contribution in [2.24, 2.45) is 0 Å². The molecule has 3 rings (SSSR count). The summed E-state index contributed by atoms with van der Waals surface area (Å²) in [4.78, 5) is 35.2. The molecule has 0 aromatic heterocycles. The van der Waals surface area contributed by atoms with Crippen molar-refractivity contribution >= 4 is 29.1 Å². The first kappa shape index (κ1) is 12.5. The molecule has 2 aliphatic heterocycles. The second-order valence-electron chi connectivity index (χ2n) is 4.61. The maximum Gasteiger partial charge on any atom is 0.257 e. The summed E-state index contributed by atoms with van der Waals surface area (Å²) in [5, 5.41) is 14.1. The monoisotopic (exact) mass is 279 g/mol. The highest BCUT2D eigenvalue weighted by atomic mass is 19.1. The van der Waals surface area contributed by atoms with Gasteiger partial charge in [0.1, 0.15) is 5.82 Å². The molecule has 8 heteroatoms. The van der Waals surface area contributed by atoms with E-state index in [2.05, 4.69) is 10.6 Å². The fourth-order valence-corrected chi connectivity index (χ4v) is 2.30. The van der Waals surface area contributed by atoms with E-state index in [1.807, 2.05) is 0 Å². The third-order valence-corrected chi connectivity index (χ3v) is 3.21. The van der Waals surface area contributed by atoms with E-state index in [1.165, 1.54) is 11.0 Å². The quantitative estimate of drug-likeness (QED) is 0.589. The van der Waals surface area contributed by atoms with Crippen molar-refractivity contribution in [3.63, 3.8) is 0 Å². The second kappa shape index (κ2) is 4.27. The van der Waals surface area contributed by atoms with Gasteiger partial charge in [-0.15, -0.1) is 0 Å². The van der Waals surface area contributed by atoms with Gasteiger partial charge in [0.25, 0.3) is 5.91 Å². The van der Waals surface area contributed by atoms with Crippen LogP contribution in [0.5, 0.6) is 0 Å². The topological polar surface area (TPSA) is 98.7 Å². The SMILES string of the molecule is O=C1CN(c2cc3c(cc2F)C(O)C(=O)N3)CC(=O)N1. The van der Waals surface area contributed by atoms with Crippen molar-refractivity contribution in [1.82, 2.24) is 5.32 Å². The first-order valence-corrected chi connectivity index (χ1v) is 5.85. The number of aliphatic hydroxyl groups excluding tert-OH is 1. The normalized spacial score (nSPS) is 21.6. The molecule has 1 unspecified atom stereocenters. The molecular weight excluding hydrogens is 269 g/mol. The van der Waals surface area contributed by atoms with Crippen LogP contribution in [-0.4, -0.2) is 35.9 Å². The van der Waals surface area contributed by atoms with Gasteiger partial charge in [-0.1, -0.05) is 0 Å². The molecule has 1 saturated heterocycles. The largest absolute Gasteiger partial charge is 0.378 e. The van der Waals surface area contributed by atoms with Crippen LogP contribution in [0.2, 0.25) is 0 Å². The van der Waals surface area contributed by atoms with Crippen LogP contribution in [0.15, 0.2) is 12.1 Å². The van der Waals surface area contributed by atoms with Crippen LogP contribution in [0.3, 0.4) is 0 Å². The molecule has 3 amide bonds. The van der Waals surface area contributed by atoms with Gasteiger partial charge in [0, 0.05) is 11.3 Å². The number of nitrogens with one attached hydrogen (secondary N) is 2. The summed E-state index contributed by atoms with van der Waals surface area (Å²) in [6, 6.07) is 2.34. The number of carbonyl (C=O) groups is 3. The van der Waals surface area contributed by atoms with Crippen molar-refractivity contribution in [2.45, 2.75) is 6.10 Å². The van der Waals surface area contributed by atoms with Crippen molar-refractivity contribution in [3.05, 3.63) is 23.5 Å². The summed E-state index contributed by atoms with van der Waals surface area (Å²) in [5.41, 5.74) is 0.447. The van der Waals surface area contributed by atoms with E-state index in [0.29, 0.717) is 0 Å². The van der Waals surface area contributed by atoms with Crippen LogP contribution in [-0.2, 0) is 14.4 Å². The number of imide groups is 1. The van der Waals surface area contributed by atoms with Gasteiger partial charge in [0.05, 0.1) is 18.8 Å². The lowest BCUT2D eigenvalue weighted by molar-refractivity contribution is -0.130. The summed E-state index contributed by atoms with van der Waals surface area (Å²) >= 11 is 0. The molecule has 3 N–H and O–H groups in total. The number of fused-ring (bicyclic) bond motifs is 1. The average molecular weight is 279 g/mol.